The first kappa shape index (κ1) is 12.8. The summed E-state index contributed by atoms with van der Waals surface area (Å²) in [7, 11) is 0. The SMILES string of the molecule is CC.CC1COc2ccc(CO)cc2OC1. The normalized spacial score (nSPS) is 18.1. The number of fused-ring (bicyclic) bond motifs is 1. The Labute approximate surface area is 97.0 Å². The summed E-state index contributed by atoms with van der Waals surface area (Å²) in [6.07, 6.45) is 0. The van der Waals surface area contributed by atoms with E-state index in [2.05, 4.69) is 6.92 Å². The number of benzene rings is 1. The molecule has 0 amide bonds. The highest BCUT2D eigenvalue weighted by Gasteiger charge is 2.14. The minimum absolute atomic E-state index is 0.0339. The third-order valence-electron chi connectivity index (χ3n) is 2.24. The first-order valence-corrected chi connectivity index (χ1v) is 5.79. The molecule has 0 fully saturated rings. The van der Waals surface area contributed by atoms with Gasteiger partial charge in [0.2, 0.25) is 0 Å². The van der Waals surface area contributed by atoms with Gasteiger partial charge in [0.1, 0.15) is 0 Å². The molecule has 1 atom stereocenters. The van der Waals surface area contributed by atoms with Crippen molar-refractivity contribution >= 4 is 0 Å². The molecule has 0 saturated heterocycles. The maximum Gasteiger partial charge on any atom is 0.161 e. The minimum Gasteiger partial charge on any atom is -0.489 e. The molecule has 1 N–H and O–H groups in total. The molecule has 1 unspecified atom stereocenters. The van der Waals surface area contributed by atoms with E-state index in [-0.39, 0.29) is 6.61 Å². The Morgan fingerprint density at radius 1 is 1.19 bits per heavy atom. The quantitative estimate of drug-likeness (QED) is 0.797. The average Bonchev–Trinajstić information content (AvgIpc) is 2.54. The first-order valence-electron chi connectivity index (χ1n) is 5.79. The average molecular weight is 224 g/mol. The monoisotopic (exact) mass is 224 g/mol. The van der Waals surface area contributed by atoms with Crippen molar-refractivity contribution in [2.24, 2.45) is 5.92 Å². The Morgan fingerprint density at radius 2 is 1.81 bits per heavy atom. The summed E-state index contributed by atoms with van der Waals surface area (Å²) in [5.74, 6) is 1.91. The van der Waals surface area contributed by atoms with Crippen LogP contribution in [-0.2, 0) is 6.61 Å². The van der Waals surface area contributed by atoms with Gasteiger partial charge in [-0.3, -0.25) is 0 Å². The molecule has 3 heteroatoms. The van der Waals surface area contributed by atoms with Crippen LogP contribution < -0.4 is 9.47 Å². The van der Waals surface area contributed by atoms with Gasteiger partial charge in [0.25, 0.3) is 0 Å². The molecule has 16 heavy (non-hydrogen) atoms. The Kier molecular flexibility index (Phi) is 5.12. The van der Waals surface area contributed by atoms with Crippen molar-refractivity contribution in [3.05, 3.63) is 23.8 Å². The van der Waals surface area contributed by atoms with Crippen molar-refractivity contribution in [3.8, 4) is 11.5 Å². The Hall–Kier alpha value is -1.22. The summed E-state index contributed by atoms with van der Waals surface area (Å²) in [5.41, 5.74) is 0.849. The lowest BCUT2D eigenvalue weighted by Gasteiger charge is -2.07. The van der Waals surface area contributed by atoms with Gasteiger partial charge in [-0.25, -0.2) is 0 Å². The zero-order valence-electron chi connectivity index (χ0n) is 10.2. The van der Waals surface area contributed by atoms with Gasteiger partial charge >= 0.3 is 0 Å². The van der Waals surface area contributed by atoms with Crippen LogP contribution in [0.2, 0.25) is 0 Å². The van der Waals surface area contributed by atoms with Crippen molar-refractivity contribution in [3.63, 3.8) is 0 Å². The molecule has 0 saturated carbocycles. The maximum absolute atomic E-state index is 8.97. The molecule has 2 rings (SSSR count). The molecule has 1 aromatic rings. The van der Waals surface area contributed by atoms with Crippen LogP contribution in [0.1, 0.15) is 26.3 Å². The van der Waals surface area contributed by atoms with E-state index >= 15 is 0 Å². The summed E-state index contributed by atoms with van der Waals surface area (Å²) in [5, 5.41) is 8.97. The van der Waals surface area contributed by atoms with Gasteiger partial charge in [-0.05, 0) is 17.7 Å². The lowest BCUT2D eigenvalue weighted by Crippen LogP contribution is -2.12. The highest BCUT2D eigenvalue weighted by atomic mass is 16.5. The molecule has 0 aromatic heterocycles. The summed E-state index contributed by atoms with van der Waals surface area (Å²) in [4.78, 5) is 0. The Balaban J connectivity index is 0.000000606. The molecule has 0 radical (unpaired) electrons. The molecule has 1 aliphatic rings. The Bertz CT molecular complexity index is 323. The third kappa shape index (κ3) is 3.14. The Morgan fingerprint density at radius 3 is 2.44 bits per heavy atom. The second-order valence-electron chi connectivity index (χ2n) is 3.67. The van der Waals surface area contributed by atoms with Crippen LogP contribution in [-0.4, -0.2) is 18.3 Å². The highest BCUT2D eigenvalue weighted by Crippen LogP contribution is 2.31. The number of ether oxygens (including phenoxy) is 2. The fourth-order valence-corrected chi connectivity index (χ4v) is 1.40. The van der Waals surface area contributed by atoms with Crippen molar-refractivity contribution in [2.75, 3.05) is 13.2 Å². The van der Waals surface area contributed by atoms with Crippen molar-refractivity contribution in [1.29, 1.82) is 0 Å². The van der Waals surface area contributed by atoms with Crippen LogP contribution in [0.4, 0.5) is 0 Å². The van der Waals surface area contributed by atoms with Crippen LogP contribution in [0, 0.1) is 5.92 Å². The van der Waals surface area contributed by atoms with Gasteiger partial charge < -0.3 is 14.6 Å². The fraction of sp³-hybridized carbons (Fsp3) is 0.538. The number of hydrogen-bond donors (Lipinski definition) is 1. The third-order valence-corrected chi connectivity index (χ3v) is 2.24. The van der Waals surface area contributed by atoms with Gasteiger partial charge in [-0.15, -0.1) is 0 Å². The molecular weight excluding hydrogens is 204 g/mol. The van der Waals surface area contributed by atoms with Gasteiger partial charge in [0.15, 0.2) is 11.5 Å². The summed E-state index contributed by atoms with van der Waals surface area (Å²) >= 11 is 0. The number of hydrogen-bond acceptors (Lipinski definition) is 3. The van der Waals surface area contributed by atoms with Gasteiger partial charge in [0, 0.05) is 5.92 Å². The van der Waals surface area contributed by atoms with Gasteiger partial charge in [-0.1, -0.05) is 26.8 Å². The van der Waals surface area contributed by atoms with E-state index < -0.39 is 0 Å². The van der Waals surface area contributed by atoms with Crippen LogP contribution in [0.3, 0.4) is 0 Å². The molecule has 0 spiro atoms. The smallest absolute Gasteiger partial charge is 0.161 e. The number of aliphatic hydroxyl groups excluding tert-OH is 1. The number of aliphatic hydroxyl groups is 1. The molecule has 1 aliphatic heterocycles. The molecule has 3 nitrogen and oxygen atoms in total. The van der Waals surface area contributed by atoms with Crippen molar-refractivity contribution < 1.29 is 14.6 Å². The maximum atomic E-state index is 8.97. The molecule has 1 heterocycles. The van der Waals surface area contributed by atoms with Crippen molar-refractivity contribution in [1.82, 2.24) is 0 Å². The number of rotatable bonds is 1. The van der Waals surface area contributed by atoms with E-state index in [1.54, 1.807) is 0 Å². The second-order valence-corrected chi connectivity index (χ2v) is 3.67. The molecule has 0 aliphatic carbocycles. The van der Waals surface area contributed by atoms with Crippen LogP contribution in [0.15, 0.2) is 18.2 Å². The van der Waals surface area contributed by atoms with Crippen molar-refractivity contribution in [2.45, 2.75) is 27.4 Å². The van der Waals surface area contributed by atoms with Gasteiger partial charge in [0.05, 0.1) is 19.8 Å². The van der Waals surface area contributed by atoms with E-state index in [9.17, 15) is 0 Å². The molecule has 1 aromatic carbocycles. The topological polar surface area (TPSA) is 38.7 Å². The largest absolute Gasteiger partial charge is 0.489 e. The first-order chi connectivity index (χ1) is 7.79. The molecule has 0 bridgehead atoms. The lowest BCUT2D eigenvalue weighted by molar-refractivity contribution is 0.228. The zero-order chi connectivity index (χ0) is 12.0. The summed E-state index contributed by atoms with van der Waals surface area (Å²) in [6.45, 7) is 7.47. The molecule has 90 valence electrons. The fourth-order valence-electron chi connectivity index (χ4n) is 1.40. The summed E-state index contributed by atoms with van der Waals surface area (Å²) < 4.78 is 11.1. The standard InChI is InChI=1S/C11H14O3.C2H6/c1-8-6-13-10-3-2-9(5-12)4-11(10)14-7-8;1-2/h2-4,8,12H,5-7H2,1H3;1-2H3. The van der Waals surface area contributed by atoms with Crippen LogP contribution in [0.25, 0.3) is 0 Å². The van der Waals surface area contributed by atoms with Crippen LogP contribution >= 0.6 is 0 Å². The molecular formula is C13H20O3. The van der Waals surface area contributed by atoms with E-state index in [1.165, 1.54) is 0 Å². The minimum atomic E-state index is 0.0339. The second kappa shape index (κ2) is 6.38. The lowest BCUT2D eigenvalue weighted by atomic mass is 10.2. The van der Waals surface area contributed by atoms with E-state index in [0.717, 1.165) is 17.1 Å². The zero-order valence-corrected chi connectivity index (χ0v) is 10.2. The van der Waals surface area contributed by atoms with E-state index in [1.807, 2.05) is 32.0 Å². The van der Waals surface area contributed by atoms with Gasteiger partial charge in [-0.2, -0.15) is 0 Å². The van der Waals surface area contributed by atoms with E-state index in [4.69, 9.17) is 14.6 Å². The van der Waals surface area contributed by atoms with E-state index in [0.29, 0.717) is 19.1 Å². The van der Waals surface area contributed by atoms with Crippen LogP contribution in [0.5, 0.6) is 11.5 Å². The summed E-state index contributed by atoms with van der Waals surface area (Å²) in [6, 6.07) is 5.52. The highest BCUT2D eigenvalue weighted by molar-refractivity contribution is 5.43. The predicted molar refractivity (Wildman–Crippen MR) is 63.9 cm³/mol. The predicted octanol–water partition coefficient (Wildman–Crippen LogP) is 2.61.